The lowest BCUT2D eigenvalue weighted by Gasteiger charge is -2.13. The van der Waals surface area contributed by atoms with Crippen LogP contribution in [0.3, 0.4) is 0 Å². The lowest BCUT2D eigenvalue weighted by Crippen LogP contribution is -2.07. The first-order chi connectivity index (χ1) is 11.3. The summed E-state index contributed by atoms with van der Waals surface area (Å²) in [6.07, 6.45) is 2.00. The van der Waals surface area contributed by atoms with Gasteiger partial charge in [-0.15, -0.1) is 0 Å². The first-order valence-electron chi connectivity index (χ1n) is 8.10. The van der Waals surface area contributed by atoms with Crippen LogP contribution in [-0.4, -0.2) is 4.98 Å². The Morgan fingerprint density at radius 1 is 0.609 bits per heavy atom. The second-order valence-corrected chi connectivity index (χ2v) is 6.99. The normalized spacial score (nSPS) is 14.8. The first kappa shape index (κ1) is 10.8. The van der Waals surface area contributed by atoms with Gasteiger partial charge in [-0.3, -0.25) is 4.79 Å². The molecule has 0 fully saturated rings. The fourth-order valence-corrected chi connectivity index (χ4v) is 5.12. The molecule has 2 aliphatic carbocycles. The van der Waals surface area contributed by atoms with Gasteiger partial charge < -0.3 is 4.98 Å². The second-order valence-electron chi connectivity index (χ2n) is 6.99. The van der Waals surface area contributed by atoms with Crippen LogP contribution in [0.2, 0.25) is 0 Å². The van der Waals surface area contributed by atoms with Crippen LogP contribution in [-0.2, 0) is 12.8 Å². The standard InChI is InChI=1S/C21H11NO/c23-21-13-5-3-11-7-9-1-2-10-8-12-4-6-14(22-21)20-18(12)16(10)15(9)17(11)19(13)20/h1-6H,7-8H2,(H,22,23). The molecule has 4 aromatic carbocycles. The van der Waals surface area contributed by atoms with E-state index in [2.05, 4.69) is 35.3 Å². The first-order valence-corrected chi connectivity index (χ1v) is 8.10. The molecule has 1 aromatic heterocycles. The molecular weight excluding hydrogens is 282 g/mol. The van der Waals surface area contributed by atoms with Crippen LogP contribution in [0, 0.1) is 0 Å². The van der Waals surface area contributed by atoms with E-state index in [0.717, 1.165) is 23.7 Å². The summed E-state index contributed by atoms with van der Waals surface area (Å²) < 4.78 is 0. The topological polar surface area (TPSA) is 32.9 Å². The Kier molecular flexibility index (Phi) is 1.45. The van der Waals surface area contributed by atoms with Gasteiger partial charge >= 0.3 is 0 Å². The number of hydrogen-bond donors (Lipinski definition) is 1. The van der Waals surface area contributed by atoms with Gasteiger partial charge in [0.15, 0.2) is 0 Å². The second kappa shape index (κ2) is 3.09. The highest BCUT2D eigenvalue weighted by Crippen LogP contribution is 2.50. The molecule has 2 nitrogen and oxygen atoms in total. The Bertz CT molecular complexity index is 1420. The average molecular weight is 293 g/mol. The molecular formula is C21H11NO. The Labute approximate surface area is 130 Å². The van der Waals surface area contributed by atoms with Crippen LogP contribution in [0.15, 0.2) is 41.2 Å². The molecule has 0 spiro atoms. The lowest BCUT2D eigenvalue weighted by atomic mass is 9.91. The largest absolute Gasteiger partial charge is 0.321 e. The van der Waals surface area contributed by atoms with Crippen molar-refractivity contribution in [3.05, 3.63) is 69.0 Å². The third-order valence-corrected chi connectivity index (χ3v) is 5.97. The van der Waals surface area contributed by atoms with Gasteiger partial charge in [0.1, 0.15) is 0 Å². The predicted octanol–water partition coefficient (Wildman–Crippen LogP) is 4.23. The summed E-state index contributed by atoms with van der Waals surface area (Å²) >= 11 is 0. The van der Waals surface area contributed by atoms with Crippen molar-refractivity contribution in [1.82, 2.24) is 4.98 Å². The molecule has 5 aromatic rings. The number of aromatic nitrogens is 1. The van der Waals surface area contributed by atoms with Crippen molar-refractivity contribution < 1.29 is 0 Å². The summed E-state index contributed by atoms with van der Waals surface area (Å²) in [6.45, 7) is 0. The fourth-order valence-electron chi connectivity index (χ4n) is 5.12. The minimum atomic E-state index is 0.0290. The van der Waals surface area contributed by atoms with Crippen molar-refractivity contribution >= 4 is 43.2 Å². The Balaban J connectivity index is 2.07. The molecule has 0 atom stereocenters. The summed E-state index contributed by atoms with van der Waals surface area (Å²) in [7, 11) is 0. The van der Waals surface area contributed by atoms with E-state index in [0.29, 0.717) is 0 Å². The number of aromatic amines is 1. The molecule has 23 heavy (non-hydrogen) atoms. The van der Waals surface area contributed by atoms with E-state index >= 15 is 0 Å². The summed E-state index contributed by atoms with van der Waals surface area (Å²) in [5.74, 6) is 0. The van der Waals surface area contributed by atoms with E-state index in [1.807, 2.05) is 6.07 Å². The molecule has 0 bridgehead atoms. The SMILES string of the molecule is O=c1[nH]c2ccc3c4c5c(ccc6c5c5c(ccc1c5c24)C6)C3. The maximum Gasteiger partial charge on any atom is 0.256 e. The summed E-state index contributed by atoms with van der Waals surface area (Å²) in [5.41, 5.74) is 6.63. The summed E-state index contributed by atoms with van der Waals surface area (Å²) in [4.78, 5) is 15.7. The average Bonchev–Trinajstić information content (AvgIpc) is 3.11. The molecule has 0 unspecified atom stereocenters. The molecule has 1 heterocycles. The monoisotopic (exact) mass is 293 g/mol. The quantitative estimate of drug-likeness (QED) is 0.329. The predicted molar refractivity (Wildman–Crippen MR) is 93.9 cm³/mol. The van der Waals surface area contributed by atoms with E-state index in [1.54, 1.807) is 0 Å². The zero-order chi connectivity index (χ0) is 14.9. The van der Waals surface area contributed by atoms with Gasteiger partial charge in [-0.1, -0.05) is 24.3 Å². The van der Waals surface area contributed by atoms with Gasteiger partial charge in [0.2, 0.25) is 0 Å². The van der Waals surface area contributed by atoms with E-state index in [1.165, 1.54) is 54.6 Å². The molecule has 2 aliphatic rings. The number of nitrogens with one attached hydrogen (secondary N) is 1. The highest BCUT2D eigenvalue weighted by Gasteiger charge is 2.28. The van der Waals surface area contributed by atoms with E-state index in [-0.39, 0.29) is 5.56 Å². The number of hydrogen-bond acceptors (Lipinski definition) is 1. The third kappa shape index (κ3) is 0.969. The Morgan fingerprint density at radius 2 is 1.13 bits per heavy atom. The molecule has 1 N–H and O–H groups in total. The van der Waals surface area contributed by atoms with Crippen LogP contribution in [0.4, 0.5) is 0 Å². The molecule has 7 rings (SSSR count). The van der Waals surface area contributed by atoms with Crippen molar-refractivity contribution in [2.45, 2.75) is 12.8 Å². The molecule has 0 radical (unpaired) electrons. The fraction of sp³-hybridized carbons (Fsp3) is 0.0952. The zero-order valence-corrected chi connectivity index (χ0v) is 12.3. The number of benzene rings is 4. The van der Waals surface area contributed by atoms with E-state index in [9.17, 15) is 4.79 Å². The molecule has 0 saturated heterocycles. The van der Waals surface area contributed by atoms with Gasteiger partial charge in [0.25, 0.3) is 5.56 Å². The number of rotatable bonds is 0. The van der Waals surface area contributed by atoms with Crippen molar-refractivity contribution in [3.63, 3.8) is 0 Å². The van der Waals surface area contributed by atoms with Crippen molar-refractivity contribution in [2.24, 2.45) is 0 Å². The number of pyridine rings is 1. The lowest BCUT2D eigenvalue weighted by molar-refractivity contribution is 1.24. The maximum absolute atomic E-state index is 12.6. The Hall–Kier alpha value is -2.87. The van der Waals surface area contributed by atoms with Gasteiger partial charge in [-0.25, -0.2) is 0 Å². The van der Waals surface area contributed by atoms with Crippen LogP contribution < -0.4 is 5.56 Å². The van der Waals surface area contributed by atoms with Crippen LogP contribution in [0.5, 0.6) is 0 Å². The van der Waals surface area contributed by atoms with Gasteiger partial charge in [0, 0.05) is 21.7 Å². The smallest absolute Gasteiger partial charge is 0.256 e. The van der Waals surface area contributed by atoms with Crippen LogP contribution in [0.25, 0.3) is 43.2 Å². The van der Waals surface area contributed by atoms with Crippen LogP contribution >= 0.6 is 0 Å². The molecule has 0 amide bonds. The molecule has 0 aliphatic heterocycles. The maximum atomic E-state index is 12.6. The van der Waals surface area contributed by atoms with Gasteiger partial charge in [-0.2, -0.15) is 0 Å². The highest BCUT2D eigenvalue weighted by atomic mass is 16.1. The number of H-pyrrole nitrogens is 1. The minimum absolute atomic E-state index is 0.0290. The highest BCUT2D eigenvalue weighted by molar-refractivity contribution is 6.37. The Morgan fingerprint density at radius 3 is 1.83 bits per heavy atom. The van der Waals surface area contributed by atoms with E-state index in [4.69, 9.17) is 0 Å². The molecule has 2 heteroatoms. The van der Waals surface area contributed by atoms with Crippen molar-refractivity contribution in [3.8, 4) is 0 Å². The van der Waals surface area contributed by atoms with E-state index < -0.39 is 0 Å². The van der Waals surface area contributed by atoms with Crippen LogP contribution in [0.1, 0.15) is 22.3 Å². The summed E-state index contributed by atoms with van der Waals surface area (Å²) in [6, 6.07) is 13.0. The van der Waals surface area contributed by atoms with Crippen molar-refractivity contribution in [2.75, 3.05) is 0 Å². The van der Waals surface area contributed by atoms with Crippen molar-refractivity contribution in [1.29, 1.82) is 0 Å². The minimum Gasteiger partial charge on any atom is -0.321 e. The molecule has 0 saturated carbocycles. The summed E-state index contributed by atoms with van der Waals surface area (Å²) in [5, 5.41) is 8.84. The van der Waals surface area contributed by atoms with Gasteiger partial charge in [0.05, 0.1) is 0 Å². The molecule has 106 valence electrons. The third-order valence-electron chi connectivity index (χ3n) is 5.97. The zero-order valence-electron chi connectivity index (χ0n) is 12.3. The van der Waals surface area contributed by atoms with Gasteiger partial charge in [-0.05, 0) is 68.8 Å².